The molecule has 1 atom stereocenters. The van der Waals surface area contributed by atoms with Crippen LogP contribution in [0.25, 0.3) is 0 Å². The number of hydrogen-bond donors (Lipinski definition) is 0. The SMILES string of the molecule is CC(C)c1noc([C@H](C)N2CCN(c3ncccc3C#N)CC2)n1. The Morgan fingerprint density at radius 3 is 2.58 bits per heavy atom. The first-order valence-corrected chi connectivity index (χ1v) is 8.27. The molecule has 3 rings (SSSR count). The minimum Gasteiger partial charge on any atom is -0.353 e. The van der Waals surface area contributed by atoms with Crippen LogP contribution in [-0.2, 0) is 0 Å². The van der Waals surface area contributed by atoms with E-state index < -0.39 is 0 Å². The van der Waals surface area contributed by atoms with Crippen molar-refractivity contribution in [2.45, 2.75) is 32.7 Å². The highest BCUT2D eigenvalue weighted by Gasteiger charge is 2.27. The van der Waals surface area contributed by atoms with Crippen molar-refractivity contribution >= 4 is 5.82 Å². The number of hydrogen-bond acceptors (Lipinski definition) is 7. The van der Waals surface area contributed by atoms with E-state index in [-0.39, 0.29) is 12.0 Å². The highest BCUT2D eigenvalue weighted by molar-refractivity contribution is 5.53. The maximum absolute atomic E-state index is 9.23. The third kappa shape index (κ3) is 3.24. The lowest BCUT2D eigenvalue weighted by molar-refractivity contribution is 0.164. The van der Waals surface area contributed by atoms with Crippen molar-refractivity contribution in [3.8, 4) is 6.07 Å². The minimum absolute atomic E-state index is 0.0892. The summed E-state index contributed by atoms with van der Waals surface area (Å²) in [4.78, 5) is 13.4. The predicted molar refractivity (Wildman–Crippen MR) is 89.5 cm³/mol. The molecular weight excluding hydrogens is 304 g/mol. The van der Waals surface area contributed by atoms with E-state index >= 15 is 0 Å². The predicted octanol–water partition coefficient (Wildman–Crippen LogP) is 2.34. The molecule has 1 aliphatic heterocycles. The summed E-state index contributed by atoms with van der Waals surface area (Å²) in [5.41, 5.74) is 0.623. The summed E-state index contributed by atoms with van der Waals surface area (Å²) in [5.74, 6) is 2.46. The molecule has 2 aromatic rings. The fraction of sp³-hybridized carbons (Fsp3) is 0.529. The molecule has 0 saturated carbocycles. The first kappa shape index (κ1) is 16.4. The summed E-state index contributed by atoms with van der Waals surface area (Å²) < 4.78 is 5.42. The molecule has 0 amide bonds. The van der Waals surface area contributed by atoms with Crippen molar-refractivity contribution in [1.82, 2.24) is 20.0 Å². The van der Waals surface area contributed by atoms with Crippen molar-refractivity contribution in [2.24, 2.45) is 0 Å². The van der Waals surface area contributed by atoms with Crippen LogP contribution in [0.1, 0.15) is 50.0 Å². The molecule has 0 aromatic carbocycles. The first-order valence-electron chi connectivity index (χ1n) is 8.27. The number of anilines is 1. The Kier molecular flexibility index (Phi) is 4.76. The van der Waals surface area contributed by atoms with Gasteiger partial charge in [-0.3, -0.25) is 4.90 Å². The fourth-order valence-corrected chi connectivity index (χ4v) is 2.86. The lowest BCUT2D eigenvalue weighted by Crippen LogP contribution is -2.47. The largest absolute Gasteiger partial charge is 0.353 e. The van der Waals surface area contributed by atoms with Gasteiger partial charge in [-0.05, 0) is 19.1 Å². The zero-order valence-corrected chi connectivity index (χ0v) is 14.3. The van der Waals surface area contributed by atoms with Gasteiger partial charge in [-0.25, -0.2) is 4.98 Å². The second-order valence-corrected chi connectivity index (χ2v) is 6.33. The van der Waals surface area contributed by atoms with E-state index in [0.29, 0.717) is 11.5 Å². The Labute approximate surface area is 141 Å². The topological polar surface area (TPSA) is 82.1 Å². The van der Waals surface area contributed by atoms with Crippen LogP contribution in [0.5, 0.6) is 0 Å². The Morgan fingerprint density at radius 1 is 1.21 bits per heavy atom. The molecule has 0 spiro atoms. The van der Waals surface area contributed by atoms with Gasteiger partial charge in [0, 0.05) is 38.3 Å². The Balaban J connectivity index is 1.65. The molecule has 1 fully saturated rings. The second kappa shape index (κ2) is 6.97. The third-order valence-corrected chi connectivity index (χ3v) is 4.40. The molecule has 7 heteroatoms. The molecule has 0 radical (unpaired) electrons. The van der Waals surface area contributed by atoms with Crippen LogP contribution in [0, 0.1) is 11.3 Å². The van der Waals surface area contributed by atoms with E-state index in [1.807, 2.05) is 6.07 Å². The number of pyridine rings is 1. The zero-order chi connectivity index (χ0) is 17.1. The molecule has 0 bridgehead atoms. The van der Waals surface area contributed by atoms with Gasteiger partial charge < -0.3 is 9.42 Å². The smallest absolute Gasteiger partial charge is 0.243 e. The number of nitriles is 1. The number of nitrogens with zero attached hydrogens (tertiary/aromatic N) is 6. The summed E-state index contributed by atoms with van der Waals surface area (Å²) in [5, 5.41) is 13.3. The van der Waals surface area contributed by atoms with Crippen molar-refractivity contribution < 1.29 is 4.52 Å². The van der Waals surface area contributed by atoms with E-state index in [1.54, 1.807) is 12.3 Å². The van der Waals surface area contributed by atoms with E-state index in [2.05, 4.69) is 51.8 Å². The maximum Gasteiger partial charge on any atom is 0.243 e. The van der Waals surface area contributed by atoms with Crippen LogP contribution in [0.4, 0.5) is 5.82 Å². The standard InChI is InChI=1S/C17H22N6O/c1-12(2)15-20-17(24-21-15)13(3)22-7-9-23(10-8-22)16-14(11-18)5-4-6-19-16/h4-6,12-13H,7-10H2,1-3H3/t13-/m0/s1. The van der Waals surface area contributed by atoms with Gasteiger partial charge in [0.05, 0.1) is 11.6 Å². The van der Waals surface area contributed by atoms with E-state index in [4.69, 9.17) is 4.52 Å². The number of aromatic nitrogens is 3. The highest BCUT2D eigenvalue weighted by Crippen LogP contribution is 2.24. The van der Waals surface area contributed by atoms with Gasteiger partial charge in [0.15, 0.2) is 5.82 Å². The molecule has 2 aromatic heterocycles. The monoisotopic (exact) mass is 326 g/mol. The van der Waals surface area contributed by atoms with Crippen molar-refractivity contribution in [1.29, 1.82) is 5.26 Å². The molecular formula is C17H22N6O. The molecule has 24 heavy (non-hydrogen) atoms. The normalized spacial score (nSPS) is 17.0. The lowest BCUT2D eigenvalue weighted by atomic mass is 10.2. The summed E-state index contributed by atoms with van der Waals surface area (Å²) in [6.07, 6.45) is 1.73. The molecule has 0 N–H and O–H groups in total. The second-order valence-electron chi connectivity index (χ2n) is 6.33. The van der Waals surface area contributed by atoms with E-state index in [9.17, 15) is 5.26 Å². The molecule has 3 heterocycles. The van der Waals surface area contributed by atoms with E-state index in [1.165, 1.54) is 0 Å². The van der Waals surface area contributed by atoms with Gasteiger partial charge in [-0.2, -0.15) is 10.2 Å². The summed E-state index contributed by atoms with van der Waals surface area (Å²) >= 11 is 0. The van der Waals surface area contributed by atoms with Crippen LogP contribution in [0.3, 0.4) is 0 Å². The molecule has 0 aliphatic carbocycles. The van der Waals surface area contributed by atoms with Gasteiger partial charge in [-0.1, -0.05) is 19.0 Å². The van der Waals surface area contributed by atoms with Gasteiger partial charge in [0.25, 0.3) is 0 Å². The molecule has 1 aliphatic rings. The summed E-state index contributed by atoms with van der Waals surface area (Å²) in [6.45, 7) is 9.57. The molecule has 1 saturated heterocycles. The van der Waals surface area contributed by atoms with Crippen LogP contribution >= 0.6 is 0 Å². The van der Waals surface area contributed by atoms with Crippen LogP contribution < -0.4 is 4.90 Å². The van der Waals surface area contributed by atoms with Gasteiger partial charge in [0.1, 0.15) is 11.9 Å². The van der Waals surface area contributed by atoms with Gasteiger partial charge >= 0.3 is 0 Å². The molecule has 0 unspecified atom stereocenters. The number of piperazine rings is 1. The fourth-order valence-electron chi connectivity index (χ4n) is 2.86. The highest BCUT2D eigenvalue weighted by atomic mass is 16.5. The maximum atomic E-state index is 9.23. The number of rotatable bonds is 4. The summed E-state index contributed by atoms with van der Waals surface area (Å²) in [6, 6.07) is 5.91. The quantitative estimate of drug-likeness (QED) is 0.853. The summed E-state index contributed by atoms with van der Waals surface area (Å²) in [7, 11) is 0. The van der Waals surface area contributed by atoms with Gasteiger partial charge in [-0.15, -0.1) is 0 Å². The average Bonchev–Trinajstić information content (AvgIpc) is 3.11. The van der Waals surface area contributed by atoms with Gasteiger partial charge in [0.2, 0.25) is 5.89 Å². The molecule has 126 valence electrons. The average molecular weight is 326 g/mol. The van der Waals surface area contributed by atoms with Crippen LogP contribution in [-0.4, -0.2) is 46.2 Å². The first-order chi connectivity index (χ1) is 11.6. The van der Waals surface area contributed by atoms with Crippen molar-refractivity contribution in [2.75, 3.05) is 31.1 Å². The lowest BCUT2D eigenvalue weighted by Gasteiger charge is -2.37. The zero-order valence-electron chi connectivity index (χ0n) is 14.3. The van der Waals surface area contributed by atoms with E-state index in [0.717, 1.165) is 37.8 Å². The molecule has 7 nitrogen and oxygen atoms in total. The van der Waals surface area contributed by atoms with Crippen LogP contribution in [0.15, 0.2) is 22.9 Å². The van der Waals surface area contributed by atoms with Crippen molar-refractivity contribution in [3.05, 3.63) is 35.6 Å². The third-order valence-electron chi connectivity index (χ3n) is 4.40. The Morgan fingerprint density at radius 2 is 1.96 bits per heavy atom. The Hall–Kier alpha value is -2.46. The minimum atomic E-state index is 0.0892. The van der Waals surface area contributed by atoms with Crippen LogP contribution in [0.2, 0.25) is 0 Å². The Bertz CT molecular complexity index is 727. The van der Waals surface area contributed by atoms with Crippen molar-refractivity contribution in [3.63, 3.8) is 0 Å².